The molecule has 2 aromatic rings. The molecule has 2 N–H and O–H groups in total. The first-order valence-corrected chi connectivity index (χ1v) is 6.59. The van der Waals surface area contributed by atoms with Gasteiger partial charge in [0.25, 0.3) is 0 Å². The molecule has 0 amide bonds. The summed E-state index contributed by atoms with van der Waals surface area (Å²) in [5.41, 5.74) is 5.72. The zero-order chi connectivity index (χ0) is 17.0. The lowest BCUT2D eigenvalue weighted by Crippen LogP contribution is -2.18. The zero-order valence-electron chi connectivity index (χ0n) is 12.1. The highest BCUT2D eigenvalue weighted by Crippen LogP contribution is 2.30. The van der Waals surface area contributed by atoms with Gasteiger partial charge in [-0.3, -0.25) is 5.73 Å². The molecule has 0 spiro atoms. The van der Waals surface area contributed by atoms with Crippen LogP contribution in [0.15, 0.2) is 48.5 Å². The van der Waals surface area contributed by atoms with Crippen molar-refractivity contribution in [2.75, 3.05) is 7.11 Å². The molecule has 0 saturated carbocycles. The number of ether oxygens (including phenoxy) is 2. The number of halogens is 3. The lowest BCUT2D eigenvalue weighted by Gasteiger charge is -2.16. The summed E-state index contributed by atoms with van der Waals surface area (Å²) in [6.45, 7) is 0. The smallest absolute Gasteiger partial charge is 0.416 e. The predicted octanol–water partition coefficient (Wildman–Crippen LogP) is 3.53. The normalized spacial score (nSPS) is 12.6. The molecule has 0 aliphatic rings. The molecule has 1 atom stereocenters. The first kappa shape index (κ1) is 16.8. The van der Waals surface area contributed by atoms with Crippen molar-refractivity contribution in [2.24, 2.45) is 5.73 Å². The summed E-state index contributed by atoms with van der Waals surface area (Å²) in [4.78, 5) is 11.4. The number of hydrogen-bond acceptors (Lipinski definition) is 4. The molecule has 0 aliphatic carbocycles. The van der Waals surface area contributed by atoms with Gasteiger partial charge >= 0.3 is 12.1 Å². The van der Waals surface area contributed by atoms with Crippen molar-refractivity contribution in [3.05, 3.63) is 65.2 Å². The Kier molecular flexibility index (Phi) is 4.90. The second kappa shape index (κ2) is 6.70. The van der Waals surface area contributed by atoms with Crippen molar-refractivity contribution in [3.63, 3.8) is 0 Å². The van der Waals surface area contributed by atoms with Crippen molar-refractivity contribution >= 4 is 5.97 Å². The summed E-state index contributed by atoms with van der Waals surface area (Å²) < 4.78 is 47.6. The maximum atomic E-state index is 12.5. The third kappa shape index (κ3) is 4.23. The molecule has 4 nitrogen and oxygen atoms in total. The Morgan fingerprint density at radius 3 is 2.35 bits per heavy atom. The minimum atomic E-state index is -4.40. The van der Waals surface area contributed by atoms with E-state index in [1.807, 2.05) is 0 Å². The van der Waals surface area contributed by atoms with Crippen molar-refractivity contribution in [3.8, 4) is 5.75 Å². The van der Waals surface area contributed by atoms with Gasteiger partial charge in [-0.1, -0.05) is 18.2 Å². The number of alkyl halides is 3. The van der Waals surface area contributed by atoms with Crippen LogP contribution in [-0.4, -0.2) is 13.1 Å². The number of methoxy groups -OCH3 is 1. The van der Waals surface area contributed by atoms with Gasteiger partial charge in [0.2, 0.25) is 0 Å². The monoisotopic (exact) mass is 325 g/mol. The first-order valence-electron chi connectivity index (χ1n) is 6.59. The quantitative estimate of drug-likeness (QED) is 0.690. The van der Waals surface area contributed by atoms with Gasteiger partial charge in [0.05, 0.1) is 18.2 Å². The number of benzene rings is 2. The maximum Gasteiger partial charge on any atom is 0.416 e. The SMILES string of the molecule is COC(=O)c1cccc(OC(N)c2ccc(C(F)(F)F)cc2)c1. The molecular formula is C16H14F3NO3. The molecule has 0 bridgehead atoms. The molecule has 7 heteroatoms. The van der Waals surface area contributed by atoms with Crippen LogP contribution in [0.3, 0.4) is 0 Å². The summed E-state index contributed by atoms with van der Waals surface area (Å²) >= 11 is 0. The van der Waals surface area contributed by atoms with Gasteiger partial charge in [-0.2, -0.15) is 13.2 Å². The number of hydrogen-bond donors (Lipinski definition) is 1. The van der Waals surface area contributed by atoms with E-state index in [9.17, 15) is 18.0 Å². The number of nitrogens with two attached hydrogens (primary N) is 1. The average molecular weight is 325 g/mol. The van der Waals surface area contributed by atoms with E-state index < -0.39 is 23.9 Å². The lowest BCUT2D eigenvalue weighted by molar-refractivity contribution is -0.137. The Morgan fingerprint density at radius 1 is 1.13 bits per heavy atom. The van der Waals surface area contributed by atoms with Crippen LogP contribution in [-0.2, 0) is 10.9 Å². The van der Waals surface area contributed by atoms with Crippen molar-refractivity contribution in [1.29, 1.82) is 0 Å². The van der Waals surface area contributed by atoms with Gasteiger partial charge in [-0.25, -0.2) is 4.79 Å². The van der Waals surface area contributed by atoms with Gasteiger partial charge in [0.15, 0.2) is 6.23 Å². The van der Waals surface area contributed by atoms with E-state index in [1.165, 1.54) is 25.3 Å². The first-order chi connectivity index (χ1) is 10.8. The fourth-order valence-corrected chi connectivity index (χ4v) is 1.89. The molecule has 0 heterocycles. The predicted molar refractivity (Wildman–Crippen MR) is 76.8 cm³/mol. The fraction of sp³-hybridized carbons (Fsp3) is 0.188. The molecule has 0 aliphatic heterocycles. The number of carbonyl (C=O) groups is 1. The maximum absolute atomic E-state index is 12.5. The highest BCUT2D eigenvalue weighted by Gasteiger charge is 2.30. The Bertz CT molecular complexity index is 684. The summed E-state index contributed by atoms with van der Waals surface area (Å²) in [6.07, 6.45) is -5.37. The average Bonchev–Trinajstić information content (AvgIpc) is 2.53. The van der Waals surface area contributed by atoms with Crippen molar-refractivity contribution < 1.29 is 27.4 Å². The largest absolute Gasteiger partial charge is 0.471 e. The van der Waals surface area contributed by atoms with Crippen LogP contribution in [0.5, 0.6) is 5.75 Å². The molecule has 0 aromatic heterocycles. The summed E-state index contributed by atoms with van der Waals surface area (Å²) in [7, 11) is 1.25. The number of carbonyl (C=O) groups excluding carboxylic acids is 1. The van der Waals surface area contributed by atoms with Crippen molar-refractivity contribution in [1.82, 2.24) is 0 Å². The molecule has 122 valence electrons. The minimum Gasteiger partial charge on any atom is -0.471 e. The van der Waals surface area contributed by atoms with Crippen LogP contribution >= 0.6 is 0 Å². The highest BCUT2D eigenvalue weighted by molar-refractivity contribution is 5.89. The summed E-state index contributed by atoms with van der Waals surface area (Å²) in [5.74, 6) is -0.223. The van der Waals surface area contributed by atoms with Gasteiger partial charge in [-0.15, -0.1) is 0 Å². The molecular weight excluding hydrogens is 311 g/mol. The fourth-order valence-electron chi connectivity index (χ4n) is 1.89. The van der Waals surface area contributed by atoms with E-state index in [1.54, 1.807) is 18.2 Å². The highest BCUT2D eigenvalue weighted by atomic mass is 19.4. The van der Waals surface area contributed by atoms with Crippen LogP contribution in [0.1, 0.15) is 27.7 Å². The molecule has 23 heavy (non-hydrogen) atoms. The third-order valence-electron chi connectivity index (χ3n) is 3.08. The van der Waals surface area contributed by atoms with Crippen LogP contribution < -0.4 is 10.5 Å². The third-order valence-corrected chi connectivity index (χ3v) is 3.08. The van der Waals surface area contributed by atoms with Crippen LogP contribution in [0.2, 0.25) is 0 Å². The van der Waals surface area contributed by atoms with E-state index in [0.29, 0.717) is 11.3 Å². The molecule has 1 unspecified atom stereocenters. The van der Waals surface area contributed by atoms with E-state index in [2.05, 4.69) is 4.74 Å². The van der Waals surface area contributed by atoms with Gasteiger partial charge in [0, 0.05) is 5.56 Å². The van der Waals surface area contributed by atoms with Gasteiger partial charge < -0.3 is 9.47 Å². The van der Waals surface area contributed by atoms with Crippen molar-refractivity contribution in [2.45, 2.75) is 12.4 Å². The van der Waals surface area contributed by atoms with Gasteiger partial charge in [0.1, 0.15) is 5.75 Å². The number of rotatable bonds is 4. The Balaban J connectivity index is 2.13. The molecule has 0 saturated heterocycles. The minimum absolute atomic E-state index is 0.282. The Morgan fingerprint density at radius 2 is 1.78 bits per heavy atom. The molecule has 0 radical (unpaired) electrons. The summed E-state index contributed by atoms with van der Waals surface area (Å²) in [6, 6.07) is 10.5. The zero-order valence-corrected chi connectivity index (χ0v) is 12.1. The topological polar surface area (TPSA) is 61.5 Å². The van der Waals surface area contributed by atoms with E-state index in [0.717, 1.165) is 12.1 Å². The molecule has 0 fully saturated rings. The van der Waals surface area contributed by atoms with Crippen LogP contribution in [0.25, 0.3) is 0 Å². The standard InChI is InChI=1S/C16H14F3NO3/c1-22-15(21)11-3-2-4-13(9-11)23-14(20)10-5-7-12(8-6-10)16(17,18)19/h2-9,14H,20H2,1H3. The molecule has 2 aromatic carbocycles. The lowest BCUT2D eigenvalue weighted by atomic mass is 10.1. The Hall–Kier alpha value is -2.54. The van der Waals surface area contributed by atoms with Gasteiger partial charge in [-0.05, 0) is 30.3 Å². The molecule has 2 rings (SSSR count). The van der Waals surface area contributed by atoms with E-state index in [4.69, 9.17) is 10.5 Å². The van der Waals surface area contributed by atoms with Crippen LogP contribution in [0.4, 0.5) is 13.2 Å². The van der Waals surface area contributed by atoms with E-state index in [-0.39, 0.29) is 5.56 Å². The van der Waals surface area contributed by atoms with E-state index >= 15 is 0 Å². The summed E-state index contributed by atoms with van der Waals surface area (Å²) in [5, 5.41) is 0. The second-order valence-corrected chi connectivity index (χ2v) is 4.68. The second-order valence-electron chi connectivity index (χ2n) is 4.68. The number of esters is 1. The Labute approximate surface area is 130 Å². The van der Waals surface area contributed by atoms with Crippen LogP contribution in [0, 0.1) is 0 Å².